The Hall–Kier alpha value is -4.14. The lowest BCUT2D eigenvalue weighted by Crippen LogP contribution is -1.96. The Kier molecular flexibility index (Phi) is 4.17. The van der Waals surface area contributed by atoms with Crippen molar-refractivity contribution in [3.63, 3.8) is 0 Å². The zero-order valence-corrected chi connectivity index (χ0v) is 15.3. The first-order valence-electron chi connectivity index (χ1n) is 8.77. The van der Waals surface area contributed by atoms with E-state index in [2.05, 4.69) is 25.7 Å². The second kappa shape index (κ2) is 7.12. The number of ether oxygens (including phenoxy) is 3. The van der Waals surface area contributed by atoms with E-state index in [9.17, 15) is 0 Å². The average molecular weight is 389 g/mol. The molecule has 0 radical (unpaired) electrons. The minimum atomic E-state index is 0.232. The Morgan fingerprint density at radius 1 is 0.931 bits per heavy atom. The van der Waals surface area contributed by atoms with Crippen LogP contribution < -0.4 is 19.5 Å². The largest absolute Gasteiger partial charge is 0.497 e. The van der Waals surface area contributed by atoms with Crippen molar-refractivity contribution in [2.45, 2.75) is 0 Å². The van der Waals surface area contributed by atoms with Crippen LogP contribution in [0, 0.1) is 0 Å². The predicted octanol–water partition coefficient (Wildman–Crippen LogP) is 3.67. The van der Waals surface area contributed by atoms with Crippen LogP contribution in [0.3, 0.4) is 0 Å². The molecular formula is C20H15N5O4. The normalized spacial score (nSPS) is 12.0. The van der Waals surface area contributed by atoms with E-state index in [-0.39, 0.29) is 12.7 Å². The maximum absolute atomic E-state index is 5.37. The molecule has 0 atom stereocenters. The van der Waals surface area contributed by atoms with Crippen LogP contribution in [0.2, 0.25) is 0 Å². The molecular weight excluding hydrogens is 374 g/mol. The van der Waals surface area contributed by atoms with E-state index in [1.165, 1.54) is 0 Å². The van der Waals surface area contributed by atoms with E-state index in [4.69, 9.17) is 18.7 Å². The van der Waals surface area contributed by atoms with Gasteiger partial charge in [-0.05, 0) is 48.5 Å². The Morgan fingerprint density at radius 2 is 1.79 bits per heavy atom. The molecule has 0 aliphatic carbocycles. The average Bonchev–Trinajstić information content (AvgIpc) is 3.44. The van der Waals surface area contributed by atoms with E-state index in [1.54, 1.807) is 19.2 Å². The molecule has 1 aliphatic heterocycles. The van der Waals surface area contributed by atoms with Crippen LogP contribution in [0.15, 0.2) is 59.1 Å². The molecule has 29 heavy (non-hydrogen) atoms. The van der Waals surface area contributed by atoms with Gasteiger partial charge in [0.15, 0.2) is 23.0 Å². The molecule has 0 spiro atoms. The van der Waals surface area contributed by atoms with Crippen LogP contribution in [-0.4, -0.2) is 34.2 Å². The van der Waals surface area contributed by atoms with Crippen molar-refractivity contribution in [1.29, 1.82) is 0 Å². The second-order valence-electron chi connectivity index (χ2n) is 6.15. The summed E-state index contributed by atoms with van der Waals surface area (Å²) in [6.07, 6.45) is 0. The third-order valence-corrected chi connectivity index (χ3v) is 4.30. The summed E-state index contributed by atoms with van der Waals surface area (Å²) in [5.41, 5.74) is 2.11. The summed E-state index contributed by atoms with van der Waals surface area (Å²) in [6, 6.07) is 16.5. The minimum Gasteiger partial charge on any atom is -0.497 e. The number of rotatable bonds is 5. The van der Waals surface area contributed by atoms with Gasteiger partial charge in [0.2, 0.25) is 12.6 Å². The summed E-state index contributed by atoms with van der Waals surface area (Å²) in [7, 11) is 1.62. The highest BCUT2D eigenvalue weighted by atomic mass is 16.7. The van der Waals surface area contributed by atoms with Gasteiger partial charge >= 0.3 is 0 Å². The van der Waals surface area contributed by atoms with Gasteiger partial charge in [0.1, 0.15) is 5.75 Å². The summed E-state index contributed by atoms with van der Waals surface area (Å²) in [6.45, 7) is 0.232. The summed E-state index contributed by atoms with van der Waals surface area (Å²) in [5.74, 6) is 3.50. The lowest BCUT2D eigenvalue weighted by Gasteiger charge is -2.05. The molecule has 0 fully saturated rings. The number of hydrogen-bond donors (Lipinski definition) is 1. The molecule has 0 saturated heterocycles. The SMILES string of the molecule is COc1ccc(-c2noc(-c3ccc(Nc4ccc5c(c4)OCO5)nn3)n2)cc1. The van der Waals surface area contributed by atoms with E-state index in [0.29, 0.717) is 23.1 Å². The van der Waals surface area contributed by atoms with Crippen molar-refractivity contribution in [1.82, 2.24) is 20.3 Å². The fourth-order valence-electron chi connectivity index (χ4n) is 2.82. The fraction of sp³-hybridized carbons (Fsp3) is 0.100. The minimum absolute atomic E-state index is 0.232. The van der Waals surface area contributed by atoms with Crippen molar-refractivity contribution in [2.75, 3.05) is 19.2 Å². The zero-order valence-electron chi connectivity index (χ0n) is 15.3. The maximum atomic E-state index is 5.37. The summed E-state index contributed by atoms with van der Waals surface area (Å²) < 4.78 is 21.2. The zero-order chi connectivity index (χ0) is 19.6. The highest BCUT2D eigenvalue weighted by molar-refractivity contribution is 5.63. The van der Waals surface area contributed by atoms with Crippen molar-refractivity contribution in [3.05, 3.63) is 54.6 Å². The van der Waals surface area contributed by atoms with Crippen molar-refractivity contribution in [2.24, 2.45) is 0 Å². The molecule has 4 aromatic rings. The maximum Gasteiger partial charge on any atom is 0.278 e. The standard InChI is InChI=1S/C20H15N5O4/c1-26-14-5-2-12(3-6-14)19-22-20(29-25-19)15-7-9-18(24-23-15)21-13-4-8-16-17(10-13)28-11-27-16/h2-10H,11H2,1H3,(H,21,24). The van der Waals surface area contributed by atoms with Crippen LogP contribution >= 0.6 is 0 Å². The Balaban J connectivity index is 1.32. The Bertz CT molecular complexity index is 1140. The quantitative estimate of drug-likeness (QED) is 0.547. The van der Waals surface area contributed by atoms with Gasteiger partial charge in [0.05, 0.1) is 7.11 Å². The van der Waals surface area contributed by atoms with Gasteiger partial charge < -0.3 is 24.1 Å². The summed E-state index contributed by atoms with van der Waals surface area (Å²) >= 11 is 0. The third kappa shape index (κ3) is 3.41. The smallest absolute Gasteiger partial charge is 0.278 e. The molecule has 2 aromatic carbocycles. The highest BCUT2D eigenvalue weighted by Crippen LogP contribution is 2.35. The molecule has 5 rings (SSSR count). The summed E-state index contributed by atoms with van der Waals surface area (Å²) in [5, 5.41) is 15.5. The molecule has 0 unspecified atom stereocenters. The number of anilines is 2. The van der Waals surface area contributed by atoms with Crippen LogP contribution in [-0.2, 0) is 0 Å². The van der Waals surface area contributed by atoms with Crippen molar-refractivity contribution >= 4 is 11.5 Å². The van der Waals surface area contributed by atoms with Gasteiger partial charge in [-0.2, -0.15) is 4.98 Å². The predicted molar refractivity (Wildman–Crippen MR) is 103 cm³/mol. The number of aromatic nitrogens is 4. The van der Waals surface area contributed by atoms with E-state index < -0.39 is 0 Å². The molecule has 2 aromatic heterocycles. The summed E-state index contributed by atoms with van der Waals surface area (Å²) in [4.78, 5) is 4.39. The first-order chi connectivity index (χ1) is 14.3. The highest BCUT2D eigenvalue weighted by Gasteiger charge is 2.15. The molecule has 1 aliphatic rings. The van der Waals surface area contributed by atoms with Crippen molar-refractivity contribution < 1.29 is 18.7 Å². The van der Waals surface area contributed by atoms with Gasteiger partial charge in [-0.3, -0.25) is 0 Å². The Morgan fingerprint density at radius 3 is 2.59 bits per heavy atom. The number of fused-ring (bicyclic) bond motifs is 1. The monoisotopic (exact) mass is 389 g/mol. The number of methoxy groups -OCH3 is 1. The van der Waals surface area contributed by atoms with Gasteiger partial charge in [-0.25, -0.2) is 0 Å². The van der Waals surface area contributed by atoms with Crippen LogP contribution in [0.1, 0.15) is 0 Å². The lowest BCUT2D eigenvalue weighted by atomic mass is 10.2. The molecule has 9 heteroatoms. The Labute approximate surface area is 165 Å². The fourth-order valence-corrected chi connectivity index (χ4v) is 2.82. The van der Waals surface area contributed by atoms with Gasteiger partial charge in [-0.15, -0.1) is 10.2 Å². The van der Waals surface area contributed by atoms with Gasteiger partial charge in [-0.1, -0.05) is 5.16 Å². The van der Waals surface area contributed by atoms with Gasteiger partial charge in [0, 0.05) is 17.3 Å². The number of nitrogens with zero attached hydrogens (tertiary/aromatic N) is 4. The van der Waals surface area contributed by atoms with Crippen LogP contribution in [0.5, 0.6) is 17.2 Å². The first-order valence-corrected chi connectivity index (χ1v) is 8.77. The molecule has 9 nitrogen and oxygen atoms in total. The third-order valence-electron chi connectivity index (χ3n) is 4.30. The molecule has 3 heterocycles. The second-order valence-corrected chi connectivity index (χ2v) is 6.15. The molecule has 0 bridgehead atoms. The lowest BCUT2D eigenvalue weighted by molar-refractivity contribution is 0.174. The topological polar surface area (TPSA) is 104 Å². The molecule has 0 saturated carbocycles. The number of nitrogens with one attached hydrogen (secondary N) is 1. The first kappa shape index (κ1) is 17.0. The number of benzene rings is 2. The van der Waals surface area contributed by atoms with Crippen molar-refractivity contribution in [3.8, 4) is 40.2 Å². The number of hydrogen-bond acceptors (Lipinski definition) is 9. The van der Waals surface area contributed by atoms with E-state index in [0.717, 1.165) is 22.7 Å². The van der Waals surface area contributed by atoms with Gasteiger partial charge in [0.25, 0.3) is 5.89 Å². The molecule has 0 amide bonds. The van der Waals surface area contributed by atoms with Crippen LogP contribution in [0.4, 0.5) is 11.5 Å². The van der Waals surface area contributed by atoms with E-state index >= 15 is 0 Å². The molecule has 144 valence electrons. The van der Waals surface area contributed by atoms with E-state index in [1.807, 2.05) is 42.5 Å². The molecule has 1 N–H and O–H groups in total. The van der Waals surface area contributed by atoms with Crippen LogP contribution in [0.25, 0.3) is 23.0 Å².